The van der Waals surface area contributed by atoms with Crippen molar-refractivity contribution in [2.75, 3.05) is 11.1 Å². The Balaban J connectivity index is 2.03. The van der Waals surface area contributed by atoms with Crippen molar-refractivity contribution in [1.82, 2.24) is 0 Å². The van der Waals surface area contributed by atoms with Crippen molar-refractivity contribution in [2.24, 2.45) is 0 Å². The monoisotopic (exact) mass is 258 g/mol. The van der Waals surface area contributed by atoms with Gasteiger partial charge in [-0.05, 0) is 48.2 Å². The van der Waals surface area contributed by atoms with E-state index in [1.54, 1.807) is 23.5 Å². The summed E-state index contributed by atoms with van der Waals surface area (Å²) < 4.78 is 0. The molecule has 3 nitrogen and oxygen atoms in total. The van der Waals surface area contributed by atoms with E-state index in [1.807, 2.05) is 36.6 Å². The molecule has 0 atom stereocenters. The summed E-state index contributed by atoms with van der Waals surface area (Å²) in [6.45, 7) is 1.91. The largest absolute Gasteiger partial charge is 0.399 e. The van der Waals surface area contributed by atoms with Crippen molar-refractivity contribution in [3.8, 4) is 0 Å². The summed E-state index contributed by atoms with van der Waals surface area (Å²) in [5.41, 5.74) is 8.08. The summed E-state index contributed by atoms with van der Waals surface area (Å²) in [5, 5.41) is 4.80. The van der Waals surface area contributed by atoms with Crippen LogP contribution in [0, 0.1) is 6.92 Å². The second kappa shape index (κ2) is 5.51. The minimum Gasteiger partial charge on any atom is -0.399 e. The molecule has 2 aromatic rings. The third-order valence-electron chi connectivity index (χ3n) is 2.45. The quantitative estimate of drug-likeness (QED) is 0.655. The van der Waals surface area contributed by atoms with E-state index in [0.29, 0.717) is 5.69 Å². The lowest BCUT2D eigenvalue weighted by Crippen LogP contribution is -2.09. The predicted octanol–water partition coefficient (Wildman–Crippen LogP) is 3.29. The molecule has 1 aromatic carbocycles. The highest BCUT2D eigenvalue weighted by molar-refractivity contribution is 7.10. The van der Waals surface area contributed by atoms with Gasteiger partial charge in [-0.25, -0.2) is 0 Å². The van der Waals surface area contributed by atoms with Gasteiger partial charge in [-0.1, -0.05) is 6.07 Å². The first-order valence-electron chi connectivity index (χ1n) is 5.54. The van der Waals surface area contributed by atoms with Crippen molar-refractivity contribution < 1.29 is 4.79 Å². The highest BCUT2D eigenvalue weighted by Crippen LogP contribution is 2.17. The highest BCUT2D eigenvalue weighted by Gasteiger charge is 2.01. The van der Waals surface area contributed by atoms with Gasteiger partial charge in [0.05, 0.1) is 0 Å². The number of nitrogen functional groups attached to an aromatic ring is 1. The number of rotatable bonds is 3. The fourth-order valence-electron chi connectivity index (χ4n) is 1.55. The maximum absolute atomic E-state index is 11.7. The van der Waals surface area contributed by atoms with Gasteiger partial charge in [0, 0.05) is 22.3 Å². The van der Waals surface area contributed by atoms with Crippen LogP contribution in [-0.2, 0) is 4.79 Å². The molecule has 0 radical (unpaired) electrons. The Labute approximate surface area is 110 Å². The van der Waals surface area contributed by atoms with Crippen molar-refractivity contribution >= 4 is 34.7 Å². The third-order valence-corrected chi connectivity index (χ3v) is 3.29. The molecule has 0 saturated heterocycles. The molecule has 92 valence electrons. The average Bonchev–Trinajstić information content (AvgIpc) is 2.83. The standard InChI is InChI=1S/C14H14N2OS/c1-10-9-11(15)4-6-13(10)16-14(17)7-5-12-3-2-8-18-12/h2-9H,15H2,1H3,(H,16,17)/b7-5+. The van der Waals surface area contributed by atoms with Gasteiger partial charge in [0.1, 0.15) is 0 Å². The van der Waals surface area contributed by atoms with Gasteiger partial charge >= 0.3 is 0 Å². The zero-order valence-electron chi connectivity index (χ0n) is 10.0. The maximum atomic E-state index is 11.7. The molecule has 0 unspecified atom stereocenters. The Morgan fingerprint density at radius 3 is 2.89 bits per heavy atom. The third kappa shape index (κ3) is 3.21. The predicted molar refractivity (Wildman–Crippen MR) is 77.6 cm³/mol. The van der Waals surface area contributed by atoms with Gasteiger partial charge in [-0.3, -0.25) is 4.79 Å². The van der Waals surface area contributed by atoms with Gasteiger partial charge in [0.25, 0.3) is 0 Å². The molecule has 1 aromatic heterocycles. The molecule has 0 aliphatic heterocycles. The fraction of sp³-hybridized carbons (Fsp3) is 0.0714. The molecular formula is C14H14N2OS. The second-order valence-corrected chi connectivity index (χ2v) is 4.89. The lowest BCUT2D eigenvalue weighted by atomic mass is 10.2. The van der Waals surface area contributed by atoms with Crippen LogP contribution in [0.15, 0.2) is 41.8 Å². The van der Waals surface area contributed by atoms with Crippen LogP contribution in [0.25, 0.3) is 6.08 Å². The van der Waals surface area contributed by atoms with E-state index in [0.717, 1.165) is 16.1 Å². The first-order valence-corrected chi connectivity index (χ1v) is 6.42. The van der Waals surface area contributed by atoms with Crippen LogP contribution in [0.5, 0.6) is 0 Å². The number of thiophene rings is 1. The van der Waals surface area contributed by atoms with E-state index in [4.69, 9.17) is 5.73 Å². The van der Waals surface area contributed by atoms with Crippen LogP contribution in [0.3, 0.4) is 0 Å². The van der Waals surface area contributed by atoms with E-state index in [9.17, 15) is 4.79 Å². The molecule has 1 amide bonds. The van der Waals surface area contributed by atoms with E-state index in [1.165, 1.54) is 6.08 Å². The topological polar surface area (TPSA) is 55.1 Å². The van der Waals surface area contributed by atoms with Crippen LogP contribution < -0.4 is 11.1 Å². The molecule has 0 aliphatic rings. The Morgan fingerprint density at radius 1 is 1.39 bits per heavy atom. The van der Waals surface area contributed by atoms with Crippen molar-refractivity contribution in [3.63, 3.8) is 0 Å². The van der Waals surface area contributed by atoms with Crippen LogP contribution >= 0.6 is 11.3 Å². The summed E-state index contributed by atoms with van der Waals surface area (Å²) in [6, 6.07) is 9.32. The Hall–Kier alpha value is -2.07. The molecule has 4 heteroatoms. The number of carbonyl (C=O) groups excluding carboxylic acids is 1. The zero-order chi connectivity index (χ0) is 13.0. The Bertz CT molecular complexity index is 573. The second-order valence-electron chi connectivity index (χ2n) is 3.91. The summed E-state index contributed by atoms with van der Waals surface area (Å²) in [7, 11) is 0. The average molecular weight is 258 g/mol. The summed E-state index contributed by atoms with van der Waals surface area (Å²) in [6.07, 6.45) is 3.33. The van der Waals surface area contributed by atoms with Gasteiger partial charge < -0.3 is 11.1 Å². The molecule has 0 spiro atoms. The molecule has 3 N–H and O–H groups in total. The van der Waals surface area contributed by atoms with Crippen LogP contribution in [0.2, 0.25) is 0 Å². The number of nitrogens with two attached hydrogens (primary N) is 1. The summed E-state index contributed by atoms with van der Waals surface area (Å²) in [4.78, 5) is 12.8. The van der Waals surface area contributed by atoms with Crippen LogP contribution in [-0.4, -0.2) is 5.91 Å². The molecule has 0 fully saturated rings. The van der Waals surface area contributed by atoms with Crippen LogP contribution in [0.4, 0.5) is 11.4 Å². The molecule has 2 rings (SSSR count). The molecule has 0 aliphatic carbocycles. The van der Waals surface area contributed by atoms with Gasteiger partial charge in [-0.15, -0.1) is 11.3 Å². The first-order chi connectivity index (χ1) is 8.65. The number of hydrogen-bond acceptors (Lipinski definition) is 3. The van der Waals surface area contributed by atoms with Gasteiger partial charge in [-0.2, -0.15) is 0 Å². The zero-order valence-corrected chi connectivity index (χ0v) is 10.8. The number of nitrogens with one attached hydrogen (secondary N) is 1. The summed E-state index contributed by atoms with van der Waals surface area (Å²) in [5.74, 6) is -0.142. The van der Waals surface area contributed by atoms with E-state index >= 15 is 0 Å². The van der Waals surface area contributed by atoms with Crippen molar-refractivity contribution in [2.45, 2.75) is 6.92 Å². The van der Waals surface area contributed by atoms with E-state index in [2.05, 4.69) is 5.32 Å². The number of hydrogen-bond donors (Lipinski definition) is 2. The molecular weight excluding hydrogens is 244 g/mol. The number of carbonyl (C=O) groups is 1. The molecule has 0 saturated carbocycles. The molecule has 0 bridgehead atoms. The lowest BCUT2D eigenvalue weighted by Gasteiger charge is -2.06. The highest BCUT2D eigenvalue weighted by atomic mass is 32.1. The smallest absolute Gasteiger partial charge is 0.248 e. The van der Waals surface area contributed by atoms with Crippen LogP contribution in [0.1, 0.15) is 10.4 Å². The maximum Gasteiger partial charge on any atom is 0.248 e. The Morgan fingerprint density at radius 2 is 2.22 bits per heavy atom. The lowest BCUT2D eigenvalue weighted by molar-refractivity contribution is -0.111. The number of amides is 1. The number of benzene rings is 1. The van der Waals surface area contributed by atoms with Gasteiger partial charge in [0.2, 0.25) is 5.91 Å². The minimum atomic E-state index is -0.142. The SMILES string of the molecule is Cc1cc(N)ccc1NC(=O)/C=C/c1cccs1. The van der Waals surface area contributed by atoms with E-state index < -0.39 is 0 Å². The number of anilines is 2. The van der Waals surface area contributed by atoms with Crippen molar-refractivity contribution in [3.05, 3.63) is 52.2 Å². The van der Waals surface area contributed by atoms with Gasteiger partial charge in [0.15, 0.2) is 0 Å². The normalized spacial score (nSPS) is 10.7. The van der Waals surface area contributed by atoms with E-state index in [-0.39, 0.29) is 5.91 Å². The summed E-state index contributed by atoms with van der Waals surface area (Å²) >= 11 is 1.59. The molecule has 1 heterocycles. The van der Waals surface area contributed by atoms with Crippen molar-refractivity contribution in [1.29, 1.82) is 0 Å². The number of aryl methyl sites for hydroxylation is 1. The first kappa shape index (κ1) is 12.4. The molecule has 18 heavy (non-hydrogen) atoms. The minimum absolute atomic E-state index is 0.142. The fourth-order valence-corrected chi connectivity index (χ4v) is 2.16. The Kier molecular flexibility index (Phi) is 3.79.